The third-order valence-electron chi connectivity index (χ3n) is 3.11. The van der Waals surface area contributed by atoms with Gasteiger partial charge < -0.3 is 10.5 Å². The Morgan fingerprint density at radius 1 is 1.00 bits per heavy atom. The summed E-state index contributed by atoms with van der Waals surface area (Å²) in [5.74, 6) is 1.39. The maximum absolute atomic E-state index is 5.84. The van der Waals surface area contributed by atoms with Crippen LogP contribution in [0.2, 0.25) is 0 Å². The Morgan fingerprint density at radius 3 is 2.22 bits per heavy atom. The molecule has 2 heteroatoms. The summed E-state index contributed by atoms with van der Waals surface area (Å²) in [6, 6.07) is 14.2. The molecule has 2 aromatic carbocycles. The molecule has 2 rings (SSSR count). The molecule has 18 heavy (non-hydrogen) atoms. The molecular weight excluding hydrogens is 222 g/mol. The van der Waals surface area contributed by atoms with E-state index in [9.17, 15) is 0 Å². The average Bonchev–Trinajstić information content (AvgIpc) is 2.39. The average molecular weight is 241 g/mol. The van der Waals surface area contributed by atoms with Crippen molar-refractivity contribution in [1.29, 1.82) is 0 Å². The lowest BCUT2D eigenvalue weighted by Crippen LogP contribution is -1.92. The van der Waals surface area contributed by atoms with Crippen LogP contribution in [0, 0.1) is 0 Å². The molecule has 0 aromatic heterocycles. The zero-order valence-electron chi connectivity index (χ0n) is 11.1. The van der Waals surface area contributed by atoms with E-state index in [0.29, 0.717) is 5.92 Å². The molecule has 2 aromatic rings. The van der Waals surface area contributed by atoms with Crippen LogP contribution in [0.25, 0.3) is 11.1 Å². The second kappa shape index (κ2) is 5.13. The molecule has 2 N–H and O–H groups in total. The summed E-state index contributed by atoms with van der Waals surface area (Å²) in [6.07, 6.45) is 0. The van der Waals surface area contributed by atoms with Gasteiger partial charge in [-0.2, -0.15) is 0 Å². The third-order valence-corrected chi connectivity index (χ3v) is 3.11. The van der Waals surface area contributed by atoms with Gasteiger partial charge in [0.1, 0.15) is 5.75 Å². The standard InChI is InChI=1S/C16H19NO/c1-11(2)12-4-6-13(7-5-12)15-10-14(17)8-9-16(15)18-3/h4-11H,17H2,1-3H3. The van der Waals surface area contributed by atoms with E-state index in [1.165, 1.54) is 5.56 Å². The van der Waals surface area contributed by atoms with Gasteiger partial charge in [-0.15, -0.1) is 0 Å². The minimum atomic E-state index is 0.543. The second-order valence-electron chi connectivity index (χ2n) is 4.74. The Balaban J connectivity index is 2.44. The molecular formula is C16H19NO. The van der Waals surface area contributed by atoms with Crippen LogP contribution in [-0.2, 0) is 0 Å². The van der Waals surface area contributed by atoms with Crippen LogP contribution in [0.1, 0.15) is 25.3 Å². The van der Waals surface area contributed by atoms with Crippen LogP contribution in [0.15, 0.2) is 42.5 Å². The van der Waals surface area contributed by atoms with Crippen molar-refractivity contribution in [2.24, 2.45) is 0 Å². The zero-order valence-corrected chi connectivity index (χ0v) is 11.1. The molecule has 0 atom stereocenters. The highest BCUT2D eigenvalue weighted by Crippen LogP contribution is 2.32. The lowest BCUT2D eigenvalue weighted by atomic mass is 9.98. The first-order chi connectivity index (χ1) is 8.61. The van der Waals surface area contributed by atoms with E-state index in [1.807, 2.05) is 18.2 Å². The van der Waals surface area contributed by atoms with Crippen molar-refractivity contribution >= 4 is 5.69 Å². The van der Waals surface area contributed by atoms with Crippen molar-refractivity contribution in [1.82, 2.24) is 0 Å². The Hall–Kier alpha value is -1.96. The third kappa shape index (κ3) is 2.48. The Labute approximate surface area is 108 Å². The molecule has 0 saturated heterocycles. The van der Waals surface area contributed by atoms with Gasteiger partial charge in [-0.05, 0) is 35.2 Å². The molecule has 94 valence electrons. The van der Waals surface area contributed by atoms with Gasteiger partial charge in [-0.3, -0.25) is 0 Å². The summed E-state index contributed by atoms with van der Waals surface area (Å²) < 4.78 is 5.38. The monoisotopic (exact) mass is 241 g/mol. The number of benzene rings is 2. The molecule has 2 nitrogen and oxygen atoms in total. The smallest absolute Gasteiger partial charge is 0.126 e. The van der Waals surface area contributed by atoms with E-state index in [0.717, 1.165) is 22.6 Å². The van der Waals surface area contributed by atoms with Crippen LogP contribution >= 0.6 is 0 Å². The van der Waals surface area contributed by atoms with Crippen molar-refractivity contribution in [3.63, 3.8) is 0 Å². The Bertz CT molecular complexity index is 529. The number of nitrogens with two attached hydrogens (primary N) is 1. The number of methoxy groups -OCH3 is 1. The van der Waals surface area contributed by atoms with Gasteiger partial charge >= 0.3 is 0 Å². The first kappa shape index (κ1) is 12.5. The normalized spacial score (nSPS) is 10.7. The molecule has 0 heterocycles. The highest BCUT2D eigenvalue weighted by atomic mass is 16.5. The summed E-state index contributed by atoms with van der Waals surface area (Å²) in [7, 11) is 1.68. The fourth-order valence-corrected chi connectivity index (χ4v) is 2.00. The van der Waals surface area contributed by atoms with Gasteiger partial charge in [0, 0.05) is 11.3 Å². The lowest BCUT2D eigenvalue weighted by Gasteiger charge is -2.11. The van der Waals surface area contributed by atoms with Crippen LogP contribution in [0.5, 0.6) is 5.75 Å². The molecule has 0 radical (unpaired) electrons. The Morgan fingerprint density at radius 2 is 1.67 bits per heavy atom. The molecule has 0 aliphatic carbocycles. The highest BCUT2D eigenvalue weighted by Gasteiger charge is 2.07. The molecule has 0 fully saturated rings. The Kier molecular flexibility index (Phi) is 3.56. The predicted octanol–water partition coefficient (Wildman–Crippen LogP) is 4.07. The minimum Gasteiger partial charge on any atom is -0.496 e. The van der Waals surface area contributed by atoms with Crippen LogP contribution < -0.4 is 10.5 Å². The van der Waals surface area contributed by atoms with Crippen molar-refractivity contribution in [3.8, 4) is 16.9 Å². The van der Waals surface area contributed by atoms with Crippen molar-refractivity contribution in [3.05, 3.63) is 48.0 Å². The second-order valence-corrected chi connectivity index (χ2v) is 4.74. The molecule has 0 aliphatic rings. The molecule has 0 unspecified atom stereocenters. The van der Waals surface area contributed by atoms with Gasteiger partial charge in [0.15, 0.2) is 0 Å². The van der Waals surface area contributed by atoms with Gasteiger partial charge in [-0.25, -0.2) is 0 Å². The fraction of sp³-hybridized carbons (Fsp3) is 0.250. The van der Waals surface area contributed by atoms with Crippen molar-refractivity contribution in [2.45, 2.75) is 19.8 Å². The minimum absolute atomic E-state index is 0.543. The van der Waals surface area contributed by atoms with E-state index in [4.69, 9.17) is 10.5 Å². The highest BCUT2D eigenvalue weighted by molar-refractivity contribution is 5.74. The maximum Gasteiger partial charge on any atom is 0.126 e. The molecule has 0 saturated carbocycles. The molecule has 0 amide bonds. The molecule has 0 spiro atoms. The number of hydrogen-bond donors (Lipinski definition) is 1. The SMILES string of the molecule is COc1ccc(N)cc1-c1ccc(C(C)C)cc1. The fourth-order valence-electron chi connectivity index (χ4n) is 2.00. The van der Waals surface area contributed by atoms with Gasteiger partial charge in [-0.1, -0.05) is 38.1 Å². The lowest BCUT2D eigenvalue weighted by molar-refractivity contribution is 0.416. The topological polar surface area (TPSA) is 35.2 Å². The van der Waals surface area contributed by atoms with Crippen LogP contribution in [0.3, 0.4) is 0 Å². The summed E-state index contributed by atoms with van der Waals surface area (Å²) >= 11 is 0. The number of hydrogen-bond acceptors (Lipinski definition) is 2. The predicted molar refractivity (Wildman–Crippen MR) is 76.9 cm³/mol. The van der Waals surface area contributed by atoms with E-state index >= 15 is 0 Å². The summed E-state index contributed by atoms with van der Waals surface area (Å²) in [4.78, 5) is 0. The van der Waals surface area contributed by atoms with Crippen LogP contribution in [-0.4, -0.2) is 7.11 Å². The first-order valence-corrected chi connectivity index (χ1v) is 6.15. The zero-order chi connectivity index (χ0) is 13.1. The van der Waals surface area contributed by atoms with Gasteiger partial charge in [0.2, 0.25) is 0 Å². The molecule has 0 bridgehead atoms. The van der Waals surface area contributed by atoms with Crippen molar-refractivity contribution < 1.29 is 4.74 Å². The van der Waals surface area contributed by atoms with E-state index in [2.05, 4.69) is 38.1 Å². The molecule has 0 aliphatic heterocycles. The van der Waals surface area contributed by atoms with Gasteiger partial charge in [0.25, 0.3) is 0 Å². The number of nitrogen functional groups attached to an aromatic ring is 1. The van der Waals surface area contributed by atoms with Gasteiger partial charge in [0.05, 0.1) is 7.11 Å². The summed E-state index contributed by atoms with van der Waals surface area (Å²) in [5.41, 5.74) is 10.1. The first-order valence-electron chi connectivity index (χ1n) is 6.15. The summed E-state index contributed by atoms with van der Waals surface area (Å²) in [6.45, 7) is 4.38. The summed E-state index contributed by atoms with van der Waals surface area (Å²) in [5, 5.41) is 0. The quantitative estimate of drug-likeness (QED) is 0.822. The van der Waals surface area contributed by atoms with Crippen LogP contribution in [0.4, 0.5) is 5.69 Å². The van der Waals surface area contributed by atoms with E-state index in [1.54, 1.807) is 7.11 Å². The number of anilines is 1. The number of ether oxygens (including phenoxy) is 1. The largest absolute Gasteiger partial charge is 0.496 e. The van der Waals surface area contributed by atoms with E-state index in [-0.39, 0.29) is 0 Å². The maximum atomic E-state index is 5.84. The van der Waals surface area contributed by atoms with E-state index < -0.39 is 0 Å². The number of rotatable bonds is 3. The van der Waals surface area contributed by atoms with Crippen molar-refractivity contribution in [2.75, 3.05) is 12.8 Å².